The highest BCUT2D eigenvalue weighted by atomic mass is 16.5. The number of methoxy groups -OCH3 is 1. The summed E-state index contributed by atoms with van der Waals surface area (Å²) in [5.74, 6) is 0.175. The fraction of sp³-hybridized carbons (Fsp3) is 0.278. The summed E-state index contributed by atoms with van der Waals surface area (Å²) in [5.41, 5.74) is 3.07. The van der Waals surface area contributed by atoms with Gasteiger partial charge in [0.25, 0.3) is 0 Å². The van der Waals surface area contributed by atoms with Crippen LogP contribution in [0.25, 0.3) is 11.1 Å². The van der Waals surface area contributed by atoms with Gasteiger partial charge >= 0.3 is 0 Å². The zero-order valence-electron chi connectivity index (χ0n) is 12.0. The highest BCUT2D eigenvalue weighted by molar-refractivity contribution is 5.96. The highest BCUT2D eigenvalue weighted by Gasteiger charge is 2.08. The van der Waals surface area contributed by atoms with E-state index in [4.69, 9.17) is 4.74 Å². The molecule has 1 unspecified atom stereocenters. The first-order valence-corrected chi connectivity index (χ1v) is 6.92. The molecule has 0 saturated carbocycles. The number of benzene rings is 2. The molecule has 20 heavy (non-hydrogen) atoms. The molecule has 0 aliphatic rings. The molecule has 2 aromatic rings. The maximum absolute atomic E-state index is 12.1. The van der Waals surface area contributed by atoms with Crippen molar-refractivity contribution in [3.63, 3.8) is 0 Å². The van der Waals surface area contributed by atoms with Crippen LogP contribution in [0.5, 0.6) is 0 Å². The molecular formula is C18H20O2. The van der Waals surface area contributed by atoms with Crippen molar-refractivity contribution in [3.05, 3.63) is 60.2 Å². The molecule has 0 aromatic heterocycles. The normalized spacial score (nSPS) is 12.1. The first kappa shape index (κ1) is 14.5. The number of Topliss-reactive ketones (excluding diaryl/α,β-unsaturated/α-hetero) is 1. The maximum atomic E-state index is 12.1. The summed E-state index contributed by atoms with van der Waals surface area (Å²) < 4.78 is 5.16. The van der Waals surface area contributed by atoms with E-state index in [1.54, 1.807) is 7.11 Å². The van der Waals surface area contributed by atoms with Gasteiger partial charge in [0, 0.05) is 19.1 Å². The second-order valence-corrected chi connectivity index (χ2v) is 4.95. The fourth-order valence-electron chi connectivity index (χ4n) is 2.08. The van der Waals surface area contributed by atoms with Gasteiger partial charge in [0.2, 0.25) is 0 Å². The summed E-state index contributed by atoms with van der Waals surface area (Å²) in [6, 6.07) is 18.0. The third kappa shape index (κ3) is 3.78. The third-order valence-corrected chi connectivity index (χ3v) is 3.49. The zero-order chi connectivity index (χ0) is 14.4. The number of carbonyl (C=O) groups is 1. The largest absolute Gasteiger partial charge is 0.382 e. The molecule has 2 aromatic carbocycles. The SMILES string of the molecule is COC(C)CCC(=O)c1ccc(-c2ccccc2)cc1. The number of rotatable bonds is 6. The molecule has 2 rings (SSSR count). The number of hydrogen-bond donors (Lipinski definition) is 0. The second kappa shape index (κ2) is 7.01. The molecule has 0 N–H and O–H groups in total. The van der Waals surface area contributed by atoms with Crippen LogP contribution in [0.4, 0.5) is 0 Å². The van der Waals surface area contributed by atoms with Crippen molar-refractivity contribution in [1.29, 1.82) is 0 Å². The number of ether oxygens (including phenoxy) is 1. The van der Waals surface area contributed by atoms with Gasteiger partial charge < -0.3 is 4.74 Å². The van der Waals surface area contributed by atoms with E-state index in [1.807, 2.05) is 49.4 Å². The second-order valence-electron chi connectivity index (χ2n) is 4.95. The summed E-state index contributed by atoms with van der Waals surface area (Å²) in [5, 5.41) is 0. The molecule has 0 bridgehead atoms. The summed E-state index contributed by atoms with van der Waals surface area (Å²) >= 11 is 0. The standard InChI is InChI=1S/C18H20O2/c1-14(20-2)8-13-18(19)17-11-9-16(10-12-17)15-6-4-3-5-7-15/h3-7,9-12,14H,8,13H2,1-2H3. The summed E-state index contributed by atoms with van der Waals surface area (Å²) in [4.78, 5) is 12.1. The number of ketones is 1. The molecule has 2 nitrogen and oxygen atoms in total. The first-order valence-electron chi connectivity index (χ1n) is 6.92. The molecule has 0 heterocycles. The Morgan fingerprint density at radius 1 is 1.00 bits per heavy atom. The monoisotopic (exact) mass is 268 g/mol. The quantitative estimate of drug-likeness (QED) is 0.728. The average molecular weight is 268 g/mol. The van der Waals surface area contributed by atoms with Gasteiger partial charge in [-0.05, 0) is 24.5 Å². The molecule has 0 aliphatic carbocycles. The van der Waals surface area contributed by atoms with Gasteiger partial charge in [0.1, 0.15) is 0 Å². The average Bonchev–Trinajstić information content (AvgIpc) is 2.53. The predicted octanol–water partition coefficient (Wildman–Crippen LogP) is 4.35. The van der Waals surface area contributed by atoms with Crippen LogP contribution in [-0.4, -0.2) is 19.0 Å². The van der Waals surface area contributed by atoms with E-state index < -0.39 is 0 Å². The fourth-order valence-corrected chi connectivity index (χ4v) is 2.08. The van der Waals surface area contributed by atoms with Crippen LogP contribution in [-0.2, 0) is 4.74 Å². The van der Waals surface area contributed by atoms with Gasteiger partial charge in [-0.1, -0.05) is 54.6 Å². The Morgan fingerprint density at radius 3 is 2.20 bits per heavy atom. The van der Waals surface area contributed by atoms with Crippen LogP contribution in [0.3, 0.4) is 0 Å². The van der Waals surface area contributed by atoms with Gasteiger partial charge in [0.15, 0.2) is 5.78 Å². The minimum Gasteiger partial charge on any atom is -0.382 e. The van der Waals surface area contributed by atoms with Crippen LogP contribution < -0.4 is 0 Å². The Hall–Kier alpha value is -1.93. The van der Waals surface area contributed by atoms with Crippen LogP contribution in [0.2, 0.25) is 0 Å². The van der Waals surface area contributed by atoms with Crippen molar-refractivity contribution >= 4 is 5.78 Å². The lowest BCUT2D eigenvalue weighted by atomic mass is 10.0. The van der Waals surface area contributed by atoms with E-state index in [2.05, 4.69) is 12.1 Å². The lowest BCUT2D eigenvalue weighted by Crippen LogP contribution is -2.08. The molecule has 104 valence electrons. The van der Waals surface area contributed by atoms with Gasteiger partial charge in [-0.3, -0.25) is 4.79 Å². The van der Waals surface area contributed by atoms with Gasteiger partial charge in [-0.15, -0.1) is 0 Å². The van der Waals surface area contributed by atoms with Crippen molar-refractivity contribution < 1.29 is 9.53 Å². The molecule has 0 spiro atoms. The van der Waals surface area contributed by atoms with E-state index in [1.165, 1.54) is 5.56 Å². The Bertz CT molecular complexity index is 543. The lowest BCUT2D eigenvalue weighted by Gasteiger charge is -2.08. The van der Waals surface area contributed by atoms with Gasteiger partial charge in [-0.25, -0.2) is 0 Å². The van der Waals surface area contributed by atoms with Crippen LogP contribution >= 0.6 is 0 Å². The molecule has 0 aliphatic heterocycles. The molecule has 0 amide bonds. The summed E-state index contributed by atoms with van der Waals surface area (Å²) in [6.45, 7) is 1.98. The van der Waals surface area contributed by atoms with Crippen LogP contribution in [0.15, 0.2) is 54.6 Å². The molecular weight excluding hydrogens is 248 g/mol. The van der Waals surface area contributed by atoms with Crippen LogP contribution in [0.1, 0.15) is 30.1 Å². The Morgan fingerprint density at radius 2 is 1.60 bits per heavy atom. The lowest BCUT2D eigenvalue weighted by molar-refractivity contribution is 0.0878. The Balaban J connectivity index is 2.03. The van der Waals surface area contributed by atoms with Crippen molar-refractivity contribution in [2.45, 2.75) is 25.9 Å². The number of carbonyl (C=O) groups excluding carboxylic acids is 1. The Labute approximate surface area is 120 Å². The molecule has 0 fully saturated rings. The third-order valence-electron chi connectivity index (χ3n) is 3.49. The topological polar surface area (TPSA) is 26.3 Å². The van der Waals surface area contributed by atoms with E-state index in [0.717, 1.165) is 17.5 Å². The predicted molar refractivity (Wildman–Crippen MR) is 81.9 cm³/mol. The van der Waals surface area contributed by atoms with E-state index in [0.29, 0.717) is 6.42 Å². The Kier molecular flexibility index (Phi) is 5.08. The van der Waals surface area contributed by atoms with E-state index in [-0.39, 0.29) is 11.9 Å². The van der Waals surface area contributed by atoms with Crippen molar-refractivity contribution in [1.82, 2.24) is 0 Å². The minimum absolute atomic E-state index is 0.127. The van der Waals surface area contributed by atoms with E-state index >= 15 is 0 Å². The molecule has 2 heteroatoms. The summed E-state index contributed by atoms with van der Waals surface area (Å²) in [6.07, 6.45) is 1.41. The molecule has 0 radical (unpaired) electrons. The van der Waals surface area contributed by atoms with Crippen molar-refractivity contribution in [2.75, 3.05) is 7.11 Å². The van der Waals surface area contributed by atoms with Crippen LogP contribution in [0, 0.1) is 0 Å². The number of hydrogen-bond acceptors (Lipinski definition) is 2. The molecule has 1 atom stereocenters. The minimum atomic E-state index is 0.127. The maximum Gasteiger partial charge on any atom is 0.162 e. The summed E-state index contributed by atoms with van der Waals surface area (Å²) in [7, 11) is 1.67. The molecule has 0 saturated heterocycles. The smallest absolute Gasteiger partial charge is 0.162 e. The van der Waals surface area contributed by atoms with Crippen molar-refractivity contribution in [2.24, 2.45) is 0 Å². The highest BCUT2D eigenvalue weighted by Crippen LogP contribution is 2.20. The van der Waals surface area contributed by atoms with Crippen molar-refractivity contribution in [3.8, 4) is 11.1 Å². The van der Waals surface area contributed by atoms with E-state index in [9.17, 15) is 4.79 Å². The zero-order valence-corrected chi connectivity index (χ0v) is 12.0. The van der Waals surface area contributed by atoms with Gasteiger partial charge in [0.05, 0.1) is 6.10 Å². The van der Waals surface area contributed by atoms with Gasteiger partial charge in [-0.2, -0.15) is 0 Å². The first-order chi connectivity index (χ1) is 9.70.